The number of hydrogen-bond acceptors (Lipinski definition) is 4. The van der Waals surface area contributed by atoms with E-state index in [0.29, 0.717) is 6.61 Å². The molecule has 6 unspecified atom stereocenters. The largest absolute Gasteiger partial charge is 0.459 e. The Morgan fingerprint density at radius 2 is 1.88 bits per heavy atom. The van der Waals surface area contributed by atoms with E-state index in [1.165, 1.54) is 0 Å². The van der Waals surface area contributed by atoms with E-state index in [1.54, 1.807) is 0 Å². The normalized spacial score (nSPS) is 39.1. The van der Waals surface area contributed by atoms with Gasteiger partial charge in [0, 0.05) is 11.8 Å². The SMILES string of the molecule is CC(C)(C)CC(C)(C(=O)OC1C2CC3C1OCC3(C#N)C2)C(C)(C)C. The Bertz CT molecular complexity index is 608. The first-order valence-corrected chi connectivity index (χ1v) is 9.57. The Labute approximate surface area is 152 Å². The summed E-state index contributed by atoms with van der Waals surface area (Å²) >= 11 is 0. The molecule has 0 aromatic rings. The average molecular weight is 347 g/mol. The van der Waals surface area contributed by atoms with Crippen LogP contribution in [0.25, 0.3) is 0 Å². The topological polar surface area (TPSA) is 59.3 Å². The summed E-state index contributed by atoms with van der Waals surface area (Å²) < 4.78 is 12.1. The molecule has 2 saturated carbocycles. The lowest BCUT2D eigenvalue weighted by molar-refractivity contribution is -0.178. The molecule has 0 radical (unpaired) electrons. The first-order valence-electron chi connectivity index (χ1n) is 9.57. The molecular weight excluding hydrogens is 314 g/mol. The maximum Gasteiger partial charge on any atom is 0.312 e. The predicted octanol–water partition coefficient (Wildman–Crippen LogP) is 4.34. The van der Waals surface area contributed by atoms with Crippen LogP contribution in [0.15, 0.2) is 0 Å². The zero-order valence-corrected chi connectivity index (χ0v) is 16.8. The molecule has 1 aliphatic heterocycles. The van der Waals surface area contributed by atoms with Gasteiger partial charge in [-0.25, -0.2) is 0 Å². The van der Waals surface area contributed by atoms with Gasteiger partial charge in [0.25, 0.3) is 0 Å². The van der Waals surface area contributed by atoms with Crippen LogP contribution in [0.2, 0.25) is 0 Å². The Balaban J connectivity index is 1.79. The number of nitriles is 1. The fraction of sp³-hybridized carbons (Fsp3) is 0.905. The van der Waals surface area contributed by atoms with Crippen molar-refractivity contribution in [3.8, 4) is 6.07 Å². The van der Waals surface area contributed by atoms with Gasteiger partial charge < -0.3 is 9.47 Å². The Hall–Kier alpha value is -1.08. The summed E-state index contributed by atoms with van der Waals surface area (Å²) in [6, 6.07) is 2.49. The number of ether oxygens (including phenoxy) is 2. The van der Waals surface area contributed by atoms with Gasteiger partial charge in [-0.1, -0.05) is 41.5 Å². The molecule has 0 amide bonds. The summed E-state index contributed by atoms with van der Waals surface area (Å²) in [5.41, 5.74) is -1.04. The Kier molecular flexibility index (Phi) is 4.08. The van der Waals surface area contributed by atoms with Gasteiger partial charge in [0.2, 0.25) is 0 Å². The maximum atomic E-state index is 13.3. The van der Waals surface area contributed by atoms with E-state index in [1.807, 2.05) is 6.92 Å². The van der Waals surface area contributed by atoms with Crippen LogP contribution in [0, 0.1) is 44.8 Å². The number of hydrogen-bond donors (Lipinski definition) is 0. The van der Waals surface area contributed by atoms with E-state index in [9.17, 15) is 10.1 Å². The van der Waals surface area contributed by atoms with Crippen molar-refractivity contribution < 1.29 is 14.3 Å². The molecule has 25 heavy (non-hydrogen) atoms. The number of fused-ring (bicyclic) bond motifs is 1. The van der Waals surface area contributed by atoms with E-state index < -0.39 is 5.41 Å². The lowest BCUT2D eigenvalue weighted by Gasteiger charge is -2.44. The van der Waals surface area contributed by atoms with Crippen molar-refractivity contribution in [2.24, 2.45) is 33.5 Å². The van der Waals surface area contributed by atoms with E-state index in [-0.39, 0.29) is 46.3 Å². The second-order valence-electron chi connectivity index (χ2n) is 11.0. The number of carbonyl (C=O) groups excluding carboxylic acids is 1. The maximum absolute atomic E-state index is 13.3. The predicted molar refractivity (Wildman–Crippen MR) is 95.5 cm³/mol. The van der Waals surface area contributed by atoms with Crippen molar-refractivity contribution in [2.45, 2.75) is 79.9 Å². The van der Waals surface area contributed by atoms with E-state index in [0.717, 1.165) is 19.3 Å². The zero-order valence-electron chi connectivity index (χ0n) is 16.8. The van der Waals surface area contributed by atoms with Crippen molar-refractivity contribution in [1.82, 2.24) is 0 Å². The first-order chi connectivity index (χ1) is 11.3. The summed E-state index contributed by atoms with van der Waals surface area (Å²) in [4.78, 5) is 13.3. The molecule has 140 valence electrons. The van der Waals surface area contributed by atoms with Crippen LogP contribution < -0.4 is 0 Å². The minimum atomic E-state index is -0.558. The quantitative estimate of drug-likeness (QED) is 0.713. The van der Waals surface area contributed by atoms with Gasteiger partial charge in [0.1, 0.15) is 6.10 Å². The van der Waals surface area contributed by atoms with Crippen LogP contribution in [0.5, 0.6) is 0 Å². The van der Waals surface area contributed by atoms with Crippen LogP contribution in [-0.2, 0) is 14.3 Å². The molecule has 2 aliphatic carbocycles. The third-order valence-electron chi connectivity index (χ3n) is 7.07. The molecule has 0 aromatic heterocycles. The third-order valence-corrected chi connectivity index (χ3v) is 7.07. The number of rotatable bonds is 3. The molecule has 1 saturated heterocycles. The minimum Gasteiger partial charge on any atom is -0.459 e. The van der Waals surface area contributed by atoms with Crippen LogP contribution in [0.1, 0.15) is 67.7 Å². The molecule has 0 N–H and O–H groups in total. The highest BCUT2D eigenvalue weighted by Gasteiger charge is 2.67. The molecule has 4 nitrogen and oxygen atoms in total. The Morgan fingerprint density at radius 3 is 2.40 bits per heavy atom. The molecule has 1 heterocycles. The molecule has 4 heteroatoms. The summed E-state index contributed by atoms with van der Waals surface area (Å²) in [5.74, 6) is 0.411. The first kappa shape index (κ1) is 18.7. The zero-order chi connectivity index (χ0) is 18.8. The lowest BCUT2D eigenvalue weighted by atomic mass is 9.61. The molecule has 0 aromatic carbocycles. The second kappa shape index (κ2) is 5.46. The standard InChI is InChI=1S/C21H33NO3/c1-18(2,3)10-20(7,19(4,5)6)17(23)25-15-13-8-14-16(15)24-12-21(14,9-13)11-22/h13-16H,8-10,12H2,1-7H3. The molecular formula is C21H33NO3. The monoisotopic (exact) mass is 347 g/mol. The molecule has 3 rings (SSSR count). The van der Waals surface area contributed by atoms with Gasteiger partial charge >= 0.3 is 5.97 Å². The summed E-state index contributed by atoms with van der Waals surface area (Å²) in [7, 11) is 0. The highest BCUT2D eigenvalue weighted by atomic mass is 16.6. The van der Waals surface area contributed by atoms with Crippen molar-refractivity contribution in [1.29, 1.82) is 5.26 Å². The molecule has 0 spiro atoms. The smallest absolute Gasteiger partial charge is 0.312 e. The van der Waals surface area contributed by atoms with Gasteiger partial charge in [-0.3, -0.25) is 4.79 Å². The van der Waals surface area contributed by atoms with Gasteiger partial charge in [-0.15, -0.1) is 0 Å². The van der Waals surface area contributed by atoms with Gasteiger partial charge in [0.15, 0.2) is 0 Å². The van der Waals surface area contributed by atoms with Crippen LogP contribution in [-0.4, -0.2) is 24.8 Å². The lowest BCUT2D eigenvalue weighted by Crippen LogP contribution is -2.48. The van der Waals surface area contributed by atoms with Gasteiger partial charge in [-0.05, 0) is 37.0 Å². The highest BCUT2D eigenvalue weighted by molar-refractivity contribution is 5.77. The van der Waals surface area contributed by atoms with Crippen LogP contribution in [0.3, 0.4) is 0 Å². The van der Waals surface area contributed by atoms with E-state index in [4.69, 9.17) is 9.47 Å². The summed E-state index contributed by atoms with van der Waals surface area (Å²) in [5, 5.41) is 9.56. The van der Waals surface area contributed by atoms with Crippen molar-refractivity contribution >= 4 is 5.97 Å². The second-order valence-corrected chi connectivity index (χ2v) is 11.0. The van der Waals surface area contributed by atoms with Crippen LogP contribution >= 0.6 is 0 Å². The Morgan fingerprint density at radius 1 is 1.24 bits per heavy atom. The van der Waals surface area contributed by atoms with Gasteiger partial charge in [-0.2, -0.15) is 5.26 Å². The molecule has 2 bridgehead atoms. The fourth-order valence-electron chi connectivity index (χ4n) is 5.35. The summed E-state index contributed by atoms with van der Waals surface area (Å²) in [6.45, 7) is 15.4. The fourth-order valence-corrected chi connectivity index (χ4v) is 5.35. The van der Waals surface area contributed by atoms with Gasteiger partial charge in [0.05, 0.1) is 29.6 Å². The molecule has 3 fully saturated rings. The third kappa shape index (κ3) is 2.79. The van der Waals surface area contributed by atoms with Crippen molar-refractivity contribution in [3.05, 3.63) is 0 Å². The average Bonchev–Trinajstić information content (AvgIpc) is 3.04. The van der Waals surface area contributed by atoms with Crippen LogP contribution in [0.4, 0.5) is 0 Å². The van der Waals surface area contributed by atoms with Crippen molar-refractivity contribution in [2.75, 3.05) is 6.61 Å². The number of nitrogens with zero attached hydrogens (tertiary/aromatic N) is 1. The van der Waals surface area contributed by atoms with E-state index >= 15 is 0 Å². The number of carbonyl (C=O) groups is 1. The van der Waals surface area contributed by atoms with E-state index in [2.05, 4.69) is 47.6 Å². The minimum absolute atomic E-state index is 0.0373. The molecule has 6 atom stereocenters. The van der Waals surface area contributed by atoms with Crippen molar-refractivity contribution in [3.63, 3.8) is 0 Å². The molecule has 3 aliphatic rings. The summed E-state index contributed by atoms with van der Waals surface area (Å²) in [6.07, 6.45) is 2.29. The number of esters is 1. The highest BCUT2D eigenvalue weighted by Crippen LogP contribution is 2.62.